The predicted octanol–water partition coefficient (Wildman–Crippen LogP) is 3.13. The molecule has 0 fully saturated rings. The first kappa shape index (κ1) is 12.2. The molecule has 0 aliphatic rings. The van der Waals surface area contributed by atoms with Crippen molar-refractivity contribution in [2.45, 2.75) is 18.7 Å². The molecule has 1 rings (SSSR count). The molecule has 0 saturated heterocycles. The molecular weight excluding hydrogens is 263 g/mol. The molecule has 0 bridgehead atoms. The minimum Gasteiger partial charge on any atom is -0.465 e. The van der Waals surface area contributed by atoms with E-state index in [1.54, 1.807) is 19.9 Å². The van der Waals surface area contributed by atoms with Gasteiger partial charge in [-0.25, -0.2) is 4.39 Å². The lowest BCUT2D eigenvalue weighted by Crippen LogP contribution is -2.11. The number of halogens is 2. The highest BCUT2D eigenvalue weighted by molar-refractivity contribution is 9.09. The Morgan fingerprint density at radius 3 is 2.80 bits per heavy atom. The highest BCUT2D eigenvalue weighted by Gasteiger charge is 2.20. The van der Waals surface area contributed by atoms with Crippen LogP contribution in [-0.4, -0.2) is 12.6 Å². The average Bonchev–Trinajstić information content (AvgIpc) is 2.17. The first-order valence-electron chi connectivity index (χ1n) is 4.63. The first-order chi connectivity index (χ1) is 7.06. The van der Waals surface area contributed by atoms with E-state index in [-0.39, 0.29) is 11.8 Å². The molecule has 0 N–H and O–H groups in total. The second kappa shape index (κ2) is 5.26. The van der Waals surface area contributed by atoms with E-state index in [1.165, 1.54) is 12.1 Å². The van der Waals surface area contributed by atoms with Crippen molar-refractivity contribution >= 4 is 21.9 Å². The molecule has 0 amide bonds. The van der Waals surface area contributed by atoms with Crippen LogP contribution in [0.2, 0.25) is 0 Å². The molecule has 0 saturated carbocycles. The summed E-state index contributed by atoms with van der Waals surface area (Å²) in [4.78, 5) is 10.9. The van der Waals surface area contributed by atoms with Gasteiger partial charge in [-0.1, -0.05) is 22.0 Å². The topological polar surface area (TPSA) is 26.3 Å². The van der Waals surface area contributed by atoms with Crippen molar-refractivity contribution in [3.63, 3.8) is 0 Å². The Bertz CT molecular complexity index is 366. The van der Waals surface area contributed by atoms with Gasteiger partial charge in [0.25, 0.3) is 0 Å². The Balaban J connectivity index is 2.91. The largest absolute Gasteiger partial charge is 0.465 e. The van der Waals surface area contributed by atoms with Crippen molar-refractivity contribution in [3.8, 4) is 0 Å². The number of carbonyl (C=O) groups is 1. The fraction of sp³-hybridized carbons (Fsp3) is 0.364. The molecule has 0 spiro atoms. The molecule has 1 aromatic rings. The second-order valence-corrected chi connectivity index (χ2v) is 4.03. The zero-order valence-corrected chi connectivity index (χ0v) is 10.2. The van der Waals surface area contributed by atoms with Crippen LogP contribution in [0.1, 0.15) is 22.9 Å². The van der Waals surface area contributed by atoms with E-state index < -0.39 is 4.83 Å². The predicted molar refractivity (Wildman–Crippen MR) is 59.4 cm³/mol. The summed E-state index contributed by atoms with van der Waals surface area (Å²) in [5, 5.41) is 0. The van der Waals surface area contributed by atoms with E-state index in [0.29, 0.717) is 6.61 Å². The third-order valence-corrected chi connectivity index (χ3v) is 2.87. The van der Waals surface area contributed by atoms with Gasteiger partial charge in [-0.2, -0.15) is 0 Å². The third-order valence-electron chi connectivity index (χ3n) is 2.00. The van der Waals surface area contributed by atoms with Gasteiger partial charge in [-0.15, -0.1) is 0 Å². The molecule has 0 aliphatic carbocycles. The highest BCUT2D eigenvalue weighted by Crippen LogP contribution is 2.27. The van der Waals surface area contributed by atoms with E-state index in [1.807, 2.05) is 0 Å². The Labute approximate surface area is 96.6 Å². The van der Waals surface area contributed by atoms with Gasteiger partial charge >= 0.3 is 5.97 Å². The van der Waals surface area contributed by atoms with Crippen molar-refractivity contribution in [2.24, 2.45) is 0 Å². The number of alkyl halides is 1. The maximum absolute atomic E-state index is 12.8. The van der Waals surface area contributed by atoms with Crippen LogP contribution in [0.5, 0.6) is 0 Å². The van der Waals surface area contributed by atoms with Gasteiger partial charge in [-0.05, 0) is 37.1 Å². The van der Waals surface area contributed by atoms with Crippen LogP contribution in [0.25, 0.3) is 0 Å². The summed E-state index contributed by atoms with van der Waals surface area (Å²) in [6.45, 7) is 3.84. The number of rotatable bonds is 3. The number of hydrogen-bond acceptors (Lipinski definition) is 2. The van der Waals surface area contributed by atoms with Crippen LogP contribution in [0, 0.1) is 12.7 Å². The highest BCUT2D eigenvalue weighted by atomic mass is 79.9. The number of hydrogen-bond donors (Lipinski definition) is 0. The van der Waals surface area contributed by atoms with Crippen LogP contribution in [-0.2, 0) is 9.53 Å². The molecule has 82 valence electrons. The maximum Gasteiger partial charge on any atom is 0.324 e. The van der Waals surface area contributed by atoms with Gasteiger partial charge in [0.2, 0.25) is 0 Å². The molecule has 2 nitrogen and oxygen atoms in total. The van der Waals surface area contributed by atoms with Crippen molar-refractivity contribution < 1.29 is 13.9 Å². The number of carbonyl (C=O) groups excluding carboxylic acids is 1. The molecule has 0 aliphatic heterocycles. The summed E-state index contributed by atoms with van der Waals surface area (Å²) in [5.41, 5.74) is 1.46. The molecule has 1 aromatic carbocycles. The fourth-order valence-electron chi connectivity index (χ4n) is 1.27. The van der Waals surface area contributed by atoms with E-state index in [9.17, 15) is 9.18 Å². The summed E-state index contributed by atoms with van der Waals surface area (Å²) in [7, 11) is 0. The molecule has 0 heterocycles. The SMILES string of the molecule is CCOC(=O)C(Br)c1ccc(F)cc1C. The zero-order chi connectivity index (χ0) is 11.4. The van der Waals surface area contributed by atoms with Crippen molar-refractivity contribution in [3.05, 3.63) is 35.1 Å². The van der Waals surface area contributed by atoms with E-state index in [4.69, 9.17) is 4.74 Å². The summed E-state index contributed by atoms with van der Waals surface area (Å²) in [6.07, 6.45) is 0. The number of aryl methyl sites for hydroxylation is 1. The molecule has 1 atom stereocenters. The summed E-state index contributed by atoms with van der Waals surface area (Å²) < 4.78 is 17.7. The number of ether oxygens (including phenoxy) is 1. The summed E-state index contributed by atoms with van der Waals surface area (Å²) in [5.74, 6) is -0.660. The lowest BCUT2D eigenvalue weighted by molar-refractivity contribution is -0.142. The van der Waals surface area contributed by atoms with Gasteiger partial charge in [-0.3, -0.25) is 4.79 Å². The molecule has 4 heteroatoms. The molecular formula is C11H12BrFO2. The van der Waals surface area contributed by atoms with E-state index in [2.05, 4.69) is 15.9 Å². The third kappa shape index (κ3) is 3.02. The maximum atomic E-state index is 12.8. The Morgan fingerprint density at radius 1 is 1.60 bits per heavy atom. The Kier molecular flexibility index (Phi) is 4.27. The zero-order valence-electron chi connectivity index (χ0n) is 8.59. The molecule has 1 unspecified atom stereocenters. The van der Waals surface area contributed by atoms with Gasteiger partial charge in [0.1, 0.15) is 10.6 Å². The minimum atomic E-state index is -0.530. The number of benzene rings is 1. The van der Waals surface area contributed by atoms with Crippen LogP contribution in [0.4, 0.5) is 4.39 Å². The van der Waals surface area contributed by atoms with Crippen molar-refractivity contribution in [2.75, 3.05) is 6.61 Å². The molecule has 15 heavy (non-hydrogen) atoms. The second-order valence-electron chi connectivity index (χ2n) is 3.12. The van der Waals surface area contributed by atoms with E-state index in [0.717, 1.165) is 11.1 Å². The van der Waals surface area contributed by atoms with Crippen LogP contribution >= 0.6 is 15.9 Å². The normalized spacial score (nSPS) is 12.3. The fourth-order valence-corrected chi connectivity index (χ4v) is 1.91. The summed E-state index contributed by atoms with van der Waals surface area (Å²) in [6, 6.07) is 4.31. The minimum absolute atomic E-state index is 0.306. The number of esters is 1. The van der Waals surface area contributed by atoms with Crippen molar-refractivity contribution in [1.82, 2.24) is 0 Å². The van der Waals surface area contributed by atoms with Crippen LogP contribution in [0.15, 0.2) is 18.2 Å². The first-order valence-corrected chi connectivity index (χ1v) is 5.54. The lowest BCUT2D eigenvalue weighted by Gasteiger charge is -2.11. The standard InChI is InChI=1S/C11H12BrFO2/c1-3-15-11(14)10(12)9-5-4-8(13)6-7(9)2/h4-6,10H,3H2,1-2H3. The molecule has 0 radical (unpaired) electrons. The average molecular weight is 275 g/mol. The summed E-state index contributed by atoms with van der Waals surface area (Å²) >= 11 is 3.23. The van der Waals surface area contributed by atoms with Gasteiger partial charge in [0, 0.05) is 0 Å². The smallest absolute Gasteiger partial charge is 0.324 e. The monoisotopic (exact) mass is 274 g/mol. The van der Waals surface area contributed by atoms with Crippen LogP contribution in [0.3, 0.4) is 0 Å². The Morgan fingerprint density at radius 2 is 2.27 bits per heavy atom. The van der Waals surface area contributed by atoms with Gasteiger partial charge in [0.05, 0.1) is 6.61 Å². The van der Waals surface area contributed by atoms with E-state index >= 15 is 0 Å². The van der Waals surface area contributed by atoms with Crippen LogP contribution < -0.4 is 0 Å². The van der Waals surface area contributed by atoms with Gasteiger partial charge in [0.15, 0.2) is 0 Å². The Hall–Kier alpha value is -0.900. The lowest BCUT2D eigenvalue weighted by atomic mass is 10.1. The molecule has 0 aromatic heterocycles. The quantitative estimate of drug-likeness (QED) is 0.625. The van der Waals surface area contributed by atoms with Gasteiger partial charge < -0.3 is 4.74 Å². The van der Waals surface area contributed by atoms with Crippen molar-refractivity contribution in [1.29, 1.82) is 0 Å².